The molecular weight excluding hydrogens is 290 g/mol. The van der Waals surface area contributed by atoms with Gasteiger partial charge in [0.25, 0.3) is 0 Å². The Morgan fingerprint density at radius 1 is 1.10 bits per heavy atom. The number of nitrogens with zero attached hydrogens (tertiary/aromatic N) is 5. The summed E-state index contributed by atoms with van der Waals surface area (Å²) in [5, 5.41) is 3.49. The monoisotopic (exact) mass is 299 g/mol. The Hall–Kier alpha value is -2.80. The van der Waals surface area contributed by atoms with Crippen molar-refractivity contribution in [2.24, 2.45) is 0 Å². The van der Waals surface area contributed by atoms with E-state index >= 15 is 0 Å². The first-order chi connectivity index (χ1) is 10.2. The van der Waals surface area contributed by atoms with Gasteiger partial charge in [0, 0.05) is 12.4 Å². The summed E-state index contributed by atoms with van der Waals surface area (Å²) in [4.78, 5) is 20.5. The highest BCUT2D eigenvalue weighted by atomic mass is 35.5. The highest BCUT2D eigenvalue weighted by Crippen LogP contribution is 2.19. The molecule has 0 fully saturated rings. The van der Waals surface area contributed by atoms with Crippen LogP contribution in [0.15, 0.2) is 42.9 Å². The molecule has 0 spiro atoms. The zero-order chi connectivity index (χ0) is 14.7. The second-order valence-corrected chi connectivity index (χ2v) is 4.51. The Kier molecular flexibility index (Phi) is 3.57. The molecule has 3 N–H and O–H groups in total. The molecule has 3 aromatic heterocycles. The van der Waals surface area contributed by atoms with E-state index in [1.165, 1.54) is 6.20 Å². The molecule has 104 valence electrons. The lowest BCUT2D eigenvalue weighted by atomic mass is 10.3. The van der Waals surface area contributed by atoms with Crippen LogP contribution in [0, 0.1) is 0 Å². The first-order valence-corrected chi connectivity index (χ1v) is 6.39. The second kappa shape index (κ2) is 5.68. The molecule has 0 bridgehead atoms. The van der Waals surface area contributed by atoms with E-state index in [0.717, 1.165) is 0 Å². The van der Waals surface area contributed by atoms with Gasteiger partial charge in [-0.15, -0.1) is 0 Å². The third-order valence-electron chi connectivity index (χ3n) is 2.51. The third kappa shape index (κ3) is 3.21. The largest absolute Gasteiger partial charge is 0.368 e. The summed E-state index contributed by atoms with van der Waals surface area (Å²) in [7, 11) is 0. The summed E-state index contributed by atoms with van der Waals surface area (Å²) in [5.74, 6) is 0.788. The maximum atomic E-state index is 5.88. The lowest BCUT2D eigenvalue weighted by molar-refractivity contribution is 1.06. The third-order valence-corrected chi connectivity index (χ3v) is 2.71. The van der Waals surface area contributed by atoms with Gasteiger partial charge in [-0.25, -0.2) is 0 Å². The first kappa shape index (κ1) is 13.2. The van der Waals surface area contributed by atoms with Crippen LogP contribution < -0.4 is 11.1 Å². The van der Waals surface area contributed by atoms with Gasteiger partial charge in [-0.1, -0.05) is 17.7 Å². The van der Waals surface area contributed by atoms with E-state index in [-0.39, 0.29) is 5.95 Å². The quantitative estimate of drug-likeness (QED) is 0.765. The maximum absolute atomic E-state index is 5.88. The number of anilines is 3. The van der Waals surface area contributed by atoms with Crippen LogP contribution >= 0.6 is 11.6 Å². The Morgan fingerprint density at radius 3 is 2.76 bits per heavy atom. The van der Waals surface area contributed by atoms with Gasteiger partial charge in [0.15, 0.2) is 5.82 Å². The van der Waals surface area contributed by atoms with Crippen LogP contribution in [0.4, 0.5) is 17.6 Å². The van der Waals surface area contributed by atoms with Crippen LogP contribution in [0.2, 0.25) is 5.02 Å². The van der Waals surface area contributed by atoms with Crippen molar-refractivity contribution in [1.82, 2.24) is 24.9 Å². The normalized spacial score (nSPS) is 10.3. The fraction of sp³-hybridized carbons (Fsp3) is 0. The smallest absolute Gasteiger partial charge is 0.232 e. The molecule has 0 unspecified atom stereocenters. The Labute approximate surface area is 125 Å². The standard InChI is InChI=1S/C13H10ClN7/c14-8-5-9(7-16-6-8)18-13-20-11(19-12(15)21-13)10-3-1-2-4-17-10/h1-7H,(H3,15,18,19,20,21). The molecule has 3 rings (SSSR count). The second-order valence-electron chi connectivity index (χ2n) is 4.07. The minimum Gasteiger partial charge on any atom is -0.368 e. The van der Waals surface area contributed by atoms with Crippen molar-refractivity contribution in [3.8, 4) is 11.5 Å². The lowest BCUT2D eigenvalue weighted by Gasteiger charge is -2.06. The van der Waals surface area contributed by atoms with Gasteiger partial charge in [0.05, 0.1) is 16.9 Å². The molecule has 3 aromatic rings. The highest BCUT2D eigenvalue weighted by molar-refractivity contribution is 6.30. The average Bonchev–Trinajstić information content (AvgIpc) is 2.47. The summed E-state index contributed by atoms with van der Waals surface area (Å²) >= 11 is 5.88. The molecule has 0 saturated heterocycles. The van der Waals surface area contributed by atoms with E-state index in [9.17, 15) is 0 Å². The van der Waals surface area contributed by atoms with E-state index in [2.05, 4.69) is 30.2 Å². The molecule has 0 aliphatic carbocycles. The summed E-state index contributed by atoms with van der Waals surface area (Å²) in [6.07, 6.45) is 4.80. The van der Waals surface area contributed by atoms with Crippen molar-refractivity contribution < 1.29 is 0 Å². The van der Waals surface area contributed by atoms with Crippen LogP contribution in [-0.2, 0) is 0 Å². The fourth-order valence-electron chi connectivity index (χ4n) is 1.67. The van der Waals surface area contributed by atoms with Gasteiger partial charge >= 0.3 is 0 Å². The van der Waals surface area contributed by atoms with Crippen LogP contribution in [0.25, 0.3) is 11.5 Å². The number of pyridine rings is 2. The minimum atomic E-state index is 0.100. The number of nitrogens with one attached hydrogen (secondary N) is 1. The molecule has 0 saturated carbocycles. The minimum absolute atomic E-state index is 0.100. The van der Waals surface area contributed by atoms with Crippen molar-refractivity contribution in [2.45, 2.75) is 0 Å². The van der Waals surface area contributed by atoms with Crippen molar-refractivity contribution in [1.29, 1.82) is 0 Å². The lowest BCUT2D eigenvalue weighted by Crippen LogP contribution is -2.05. The Balaban J connectivity index is 1.95. The van der Waals surface area contributed by atoms with Gasteiger partial charge in [-0.3, -0.25) is 9.97 Å². The number of nitrogen functional groups attached to an aromatic ring is 1. The van der Waals surface area contributed by atoms with E-state index in [1.54, 1.807) is 24.5 Å². The maximum Gasteiger partial charge on any atom is 0.232 e. The number of hydrogen-bond acceptors (Lipinski definition) is 7. The van der Waals surface area contributed by atoms with Crippen LogP contribution in [-0.4, -0.2) is 24.9 Å². The number of rotatable bonds is 3. The molecule has 0 aliphatic heterocycles. The van der Waals surface area contributed by atoms with E-state index in [4.69, 9.17) is 17.3 Å². The number of aromatic nitrogens is 5. The van der Waals surface area contributed by atoms with Crippen LogP contribution in [0.3, 0.4) is 0 Å². The van der Waals surface area contributed by atoms with E-state index in [1.807, 2.05) is 12.1 Å². The van der Waals surface area contributed by atoms with Crippen molar-refractivity contribution in [3.05, 3.63) is 47.9 Å². The van der Waals surface area contributed by atoms with Crippen molar-refractivity contribution in [2.75, 3.05) is 11.1 Å². The van der Waals surface area contributed by atoms with Gasteiger partial charge in [0.2, 0.25) is 11.9 Å². The number of halogens is 1. The molecule has 0 amide bonds. The topological polar surface area (TPSA) is 102 Å². The predicted octanol–water partition coefficient (Wildman–Crippen LogP) is 2.31. The zero-order valence-corrected chi connectivity index (χ0v) is 11.5. The number of hydrogen-bond donors (Lipinski definition) is 2. The summed E-state index contributed by atoms with van der Waals surface area (Å²) < 4.78 is 0. The highest BCUT2D eigenvalue weighted by Gasteiger charge is 2.08. The fourth-order valence-corrected chi connectivity index (χ4v) is 1.84. The molecule has 0 atom stereocenters. The Bertz CT molecular complexity index is 763. The predicted molar refractivity (Wildman–Crippen MR) is 80.0 cm³/mol. The summed E-state index contributed by atoms with van der Waals surface area (Å²) in [5.41, 5.74) is 6.97. The molecule has 0 radical (unpaired) electrons. The molecular formula is C13H10ClN7. The van der Waals surface area contributed by atoms with Gasteiger partial charge in [-0.2, -0.15) is 15.0 Å². The SMILES string of the molecule is Nc1nc(Nc2cncc(Cl)c2)nc(-c2ccccn2)n1. The van der Waals surface area contributed by atoms with E-state index < -0.39 is 0 Å². The van der Waals surface area contributed by atoms with Gasteiger partial charge < -0.3 is 11.1 Å². The van der Waals surface area contributed by atoms with Gasteiger partial charge in [0.1, 0.15) is 5.69 Å². The number of nitrogens with two attached hydrogens (primary N) is 1. The average molecular weight is 300 g/mol. The van der Waals surface area contributed by atoms with Crippen molar-refractivity contribution in [3.63, 3.8) is 0 Å². The first-order valence-electron chi connectivity index (χ1n) is 6.01. The van der Waals surface area contributed by atoms with Gasteiger partial charge in [-0.05, 0) is 18.2 Å². The summed E-state index contributed by atoms with van der Waals surface area (Å²) in [6, 6.07) is 7.15. The molecule has 3 heterocycles. The van der Waals surface area contributed by atoms with Crippen molar-refractivity contribution >= 4 is 29.2 Å². The Morgan fingerprint density at radius 2 is 2.00 bits per heavy atom. The van der Waals surface area contributed by atoms with Crippen LogP contribution in [0.5, 0.6) is 0 Å². The molecule has 7 nitrogen and oxygen atoms in total. The molecule has 21 heavy (non-hydrogen) atoms. The zero-order valence-electron chi connectivity index (χ0n) is 10.7. The molecule has 0 aromatic carbocycles. The molecule has 8 heteroatoms. The van der Waals surface area contributed by atoms with Crippen LogP contribution in [0.1, 0.15) is 0 Å². The molecule has 0 aliphatic rings. The van der Waals surface area contributed by atoms with E-state index in [0.29, 0.717) is 28.2 Å². The summed E-state index contributed by atoms with van der Waals surface area (Å²) in [6.45, 7) is 0.